The molecule has 1 fully saturated rings. The molecule has 94 valence electrons. The summed E-state index contributed by atoms with van der Waals surface area (Å²) in [4.78, 5) is 0. The summed E-state index contributed by atoms with van der Waals surface area (Å²) in [6.07, 6.45) is 7.20. The lowest BCUT2D eigenvalue weighted by atomic mass is 10.0. The van der Waals surface area contributed by atoms with Crippen LogP contribution < -0.4 is 5.32 Å². The number of hydrogen-bond acceptors (Lipinski definition) is 1. The van der Waals surface area contributed by atoms with Crippen LogP contribution in [0.4, 0.5) is 4.39 Å². The van der Waals surface area contributed by atoms with Gasteiger partial charge in [-0.2, -0.15) is 0 Å². The zero-order chi connectivity index (χ0) is 12.1. The number of halogens is 2. The van der Waals surface area contributed by atoms with E-state index in [4.69, 9.17) is 11.6 Å². The first-order valence-corrected chi connectivity index (χ1v) is 6.81. The molecule has 3 heteroatoms. The van der Waals surface area contributed by atoms with Gasteiger partial charge in [-0.3, -0.25) is 0 Å². The molecule has 0 aliphatic carbocycles. The number of aryl methyl sites for hydroxylation is 1. The Labute approximate surface area is 107 Å². The van der Waals surface area contributed by atoms with Crippen LogP contribution in [0.15, 0.2) is 18.2 Å². The Morgan fingerprint density at radius 1 is 1.29 bits per heavy atom. The van der Waals surface area contributed by atoms with Crippen LogP contribution in [0.1, 0.15) is 37.7 Å². The van der Waals surface area contributed by atoms with E-state index in [0.29, 0.717) is 11.1 Å². The smallest absolute Gasteiger partial charge is 0.124 e. The molecule has 1 aliphatic rings. The number of benzene rings is 1. The third kappa shape index (κ3) is 3.97. The van der Waals surface area contributed by atoms with E-state index >= 15 is 0 Å². The molecule has 0 spiro atoms. The van der Waals surface area contributed by atoms with Crippen molar-refractivity contribution in [1.82, 2.24) is 5.32 Å². The molecule has 1 unspecified atom stereocenters. The van der Waals surface area contributed by atoms with Gasteiger partial charge in [0.15, 0.2) is 0 Å². The molecule has 1 nitrogen and oxygen atoms in total. The second-order valence-electron chi connectivity index (χ2n) is 4.77. The summed E-state index contributed by atoms with van der Waals surface area (Å²) >= 11 is 6.02. The zero-order valence-electron chi connectivity index (χ0n) is 10.0. The molecule has 1 aromatic carbocycles. The van der Waals surface area contributed by atoms with E-state index in [0.717, 1.165) is 24.9 Å². The summed E-state index contributed by atoms with van der Waals surface area (Å²) in [5.74, 6) is -0.258. The topological polar surface area (TPSA) is 12.0 Å². The van der Waals surface area contributed by atoms with Crippen molar-refractivity contribution in [2.45, 2.75) is 44.6 Å². The first-order valence-electron chi connectivity index (χ1n) is 6.43. The van der Waals surface area contributed by atoms with E-state index in [-0.39, 0.29) is 5.82 Å². The monoisotopic (exact) mass is 255 g/mol. The van der Waals surface area contributed by atoms with E-state index < -0.39 is 0 Å². The SMILES string of the molecule is Fc1ccc(CCC2CCCCCN2)c(Cl)c1. The van der Waals surface area contributed by atoms with Gasteiger partial charge in [0.25, 0.3) is 0 Å². The maximum Gasteiger partial charge on any atom is 0.124 e. The Morgan fingerprint density at radius 2 is 2.18 bits per heavy atom. The van der Waals surface area contributed by atoms with Crippen LogP contribution in [0.25, 0.3) is 0 Å². The van der Waals surface area contributed by atoms with Crippen LogP contribution in [0, 0.1) is 5.82 Å². The molecule has 17 heavy (non-hydrogen) atoms. The Balaban J connectivity index is 1.88. The summed E-state index contributed by atoms with van der Waals surface area (Å²) in [6, 6.07) is 5.28. The van der Waals surface area contributed by atoms with Gasteiger partial charge in [-0.25, -0.2) is 4.39 Å². The predicted octanol–water partition coefficient (Wildman–Crippen LogP) is 3.94. The highest BCUT2D eigenvalue weighted by molar-refractivity contribution is 6.31. The van der Waals surface area contributed by atoms with Gasteiger partial charge in [0, 0.05) is 11.1 Å². The van der Waals surface area contributed by atoms with Gasteiger partial charge in [-0.05, 0) is 49.9 Å². The van der Waals surface area contributed by atoms with Crippen molar-refractivity contribution in [1.29, 1.82) is 0 Å². The molecular formula is C14H19ClFN. The van der Waals surface area contributed by atoms with Crippen molar-refractivity contribution in [2.75, 3.05) is 6.54 Å². The summed E-state index contributed by atoms with van der Waals surface area (Å²) in [7, 11) is 0. The predicted molar refractivity (Wildman–Crippen MR) is 70.0 cm³/mol. The molecule has 0 amide bonds. The molecule has 0 aromatic heterocycles. The van der Waals surface area contributed by atoms with Gasteiger partial charge < -0.3 is 5.32 Å². The van der Waals surface area contributed by atoms with Crippen LogP contribution in [0.2, 0.25) is 5.02 Å². The van der Waals surface area contributed by atoms with E-state index in [9.17, 15) is 4.39 Å². The van der Waals surface area contributed by atoms with Crippen molar-refractivity contribution in [2.24, 2.45) is 0 Å². The summed E-state index contributed by atoms with van der Waals surface area (Å²) in [6.45, 7) is 1.13. The standard InChI is InChI=1S/C14H19ClFN/c15-14-10-12(16)7-5-11(14)6-8-13-4-2-1-3-9-17-13/h5,7,10,13,17H,1-4,6,8-9H2. The van der Waals surface area contributed by atoms with Crippen LogP contribution in [-0.2, 0) is 6.42 Å². The molecule has 1 atom stereocenters. The first kappa shape index (κ1) is 12.8. The number of hydrogen-bond donors (Lipinski definition) is 1. The number of nitrogens with one attached hydrogen (secondary N) is 1. The second-order valence-corrected chi connectivity index (χ2v) is 5.18. The van der Waals surface area contributed by atoms with Crippen LogP contribution in [-0.4, -0.2) is 12.6 Å². The third-order valence-corrected chi connectivity index (χ3v) is 3.79. The van der Waals surface area contributed by atoms with E-state index in [1.807, 2.05) is 0 Å². The molecule has 1 N–H and O–H groups in total. The maximum absolute atomic E-state index is 12.9. The molecule has 0 bridgehead atoms. The van der Waals surface area contributed by atoms with Gasteiger partial charge >= 0.3 is 0 Å². The quantitative estimate of drug-likeness (QED) is 0.863. The molecule has 0 radical (unpaired) electrons. The average molecular weight is 256 g/mol. The van der Waals surface area contributed by atoms with Crippen molar-refractivity contribution >= 4 is 11.6 Å². The lowest BCUT2D eigenvalue weighted by molar-refractivity contribution is 0.478. The van der Waals surface area contributed by atoms with Gasteiger partial charge in [-0.15, -0.1) is 0 Å². The minimum atomic E-state index is -0.258. The average Bonchev–Trinajstić information content (AvgIpc) is 2.56. The summed E-state index contributed by atoms with van der Waals surface area (Å²) in [5, 5.41) is 4.12. The number of rotatable bonds is 3. The van der Waals surface area contributed by atoms with Gasteiger partial charge in [0.05, 0.1) is 0 Å². The highest BCUT2D eigenvalue weighted by Gasteiger charge is 2.12. The largest absolute Gasteiger partial charge is 0.314 e. The summed E-state index contributed by atoms with van der Waals surface area (Å²) < 4.78 is 12.9. The van der Waals surface area contributed by atoms with E-state index in [1.54, 1.807) is 6.07 Å². The minimum Gasteiger partial charge on any atom is -0.314 e. The van der Waals surface area contributed by atoms with E-state index in [1.165, 1.54) is 37.8 Å². The molecule has 0 saturated carbocycles. The molecule has 1 aromatic rings. The highest BCUT2D eigenvalue weighted by atomic mass is 35.5. The maximum atomic E-state index is 12.9. The third-order valence-electron chi connectivity index (χ3n) is 3.44. The first-order chi connectivity index (χ1) is 8.25. The zero-order valence-corrected chi connectivity index (χ0v) is 10.8. The Morgan fingerprint density at radius 3 is 3.00 bits per heavy atom. The molecule has 1 aliphatic heterocycles. The second kappa shape index (κ2) is 6.36. The fourth-order valence-electron chi connectivity index (χ4n) is 2.40. The van der Waals surface area contributed by atoms with Gasteiger partial charge in [-0.1, -0.05) is 30.5 Å². The van der Waals surface area contributed by atoms with Crippen LogP contribution in [0.5, 0.6) is 0 Å². The van der Waals surface area contributed by atoms with Crippen molar-refractivity contribution in [3.63, 3.8) is 0 Å². The normalized spacial score (nSPS) is 21.2. The van der Waals surface area contributed by atoms with Crippen molar-refractivity contribution in [3.05, 3.63) is 34.6 Å². The Bertz CT molecular complexity index is 359. The molecule has 2 rings (SSSR count). The molecular weight excluding hydrogens is 237 g/mol. The lowest BCUT2D eigenvalue weighted by Crippen LogP contribution is -2.28. The van der Waals surface area contributed by atoms with Gasteiger partial charge in [0.1, 0.15) is 5.82 Å². The fraction of sp³-hybridized carbons (Fsp3) is 0.571. The minimum absolute atomic E-state index is 0.258. The van der Waals surface area contributed by atoms with Crippen molar-refractivity contribution in [3.8, 4) is 0 Å². The Kier molecular flexibility index (Phi) is 4.81. The highest BCUT2D eigenvalue weighted by Crippen LogP contribution is 2.20. The molecule has 1 heterocycles. The van der Waals surface area contributed by atoms with Crippen molar-refractivity contribution < 1.29 is 4.39 Å². The fourth-order valence-corrected chi connectivity index (χ4v) is 2.66. The summed E-state index contributed by atoms with van der Waals surface area (Å²) in [5.41, 5.74) is 1.05. The van der Waals surface area contributed by atoms with Crippen LogP contribution >= 0.6 is 11.6 Å². The van der Waals surface area contributed by atoms with Crippen LogP contribution in [0.3, 0.4) is 0 Å². The van der Waals surface area contributed by atoms with E-state index in [2.05, 4.69) is 5.32 Å². The Hall–Kier alpha value is -0.600. The lowest BCUT2D eigenvalue weighted by Gasteiger charge is -2.15. The molecule has 1 saturated heterocycles. The van der Waals surface area contributed by atoms with Gasteiger partial charge in [0.2, 0.25) is 0 Å².